The van der Waals surface area contributed by atoms with Crippen LogP contribution in [0.2, 0.25) is 0 Å². The van der Waals surface area contributed by atoms with E-state index in [4.69, 9.17) is 32.2 Å². The lowest BCUT2D eigenvalue weighted by Crippen LogP contribution is -2.68. The van der Waals surface area contributed by atoms with E-state index in [9.17, 15) is 33.6 Å². The molecule has 0 radical (unpaired) electrons. The lowest BCUT2D eigenvalue weighted by molar-refractivity contribution is -0.194. The Morgan fingerprint density at radius 2 is 0.791 bits per heavy atom. The van der Waals surface area contributed by atoms with Gasteiger partial charge >= 0.3 is 6.09 Å². The highest BCUT2D eigenvalue weighted by Gasteiger charge is 2.68. The SMILES string of the molecule is CCCCOc1c(C(=O)NCC23CC4(CNC(=O)OC(C)(C)C)CC(CNC(=O)c5occc(=O)c5OCCCC)(C2)CC(CNC(=O)c2occc(=O)c2OCCCC)(C4)C3)occc1=O. The van der Waals surface area contributed by atoms with Crippen LogP contribution in [0.5, 0.6) is 17.2 Å². The fourth-order valence-electron chi connectivity index (χ4n) is 10.9. The summed E-state index contributed by atoms with van der Waals surface area (Å²) in [6.07, 6.45) is 10.2. The first kappa shape index (κ1) is 50.3. The number of hydrogen-bond donors (Lipinski definition) is 4. The number of hydrogen-bond acceptors (Lipinski definition) is 14. The van der Waals surface area contributed by atoms with Crippen LogP contribution < -0.4 is 51.8 Å². The topological polar surface area (TPSA) is 244 Å². The van der Waals surface area contributed by atoms with E-state index >= 15 is 0 Å². The lowest BCUT2D eigenvalue weighted by atomic mass is 9.35. The largest absolute Gasteiger partial charge is 0.486 e. The number of amides is 4. The minimum absolute atomic E-state index is 0.0877. The molecule has 4 bridgehead atoms. The summed E-state index contributed by atoms with van der Waals surface area (Å²) in [6.45, 7) is 12.3. The van der Waals surface area contributed by atoms with Gasteiger partial charge in [-0.2, -0.15) is 0 Å². The van der Waals surface area contributed by atoms with Crippen LogP contribution >= 0.6 is 0 Å². The molecule has 0 saturated heterocycles. The van der Waals surface area contributed by atoms with Crippen LogP contribution in [0.3, 0.4) is 0 Å². The van der Waals surface area contributed by atoms with Gasteiger partial charge in [0.15, 0.2) is 0 Å². The molecule has 3 aromatic rings. The molecule has 18 heteroatoms. The zero-order valence-electron chi connectivity index (χ0n) is 39.6. The Morgan fingerprint density at radius 1 is 0.507 bits per heavy atom. The smallest absolute Gasteiger partial charge is 0.407 e. The van der Waals surface area contributed by atoms with Crippen molar-refractivity contribution in [3.8, 4) is 17.2 Å². The van der Waals surface area contributed by atoms with Crippen molar-refractivity contribution in [3.63, 3.8) is 0 Å². The van der Waals surface area contributed by atoms with Gasteiger partial charge in [-0.3, -0.25) is 28.8 Å². The summed E-state index contributed by atoms with van der Waals surface area (Å²) in [7, 11) is 0. The van der Waals surface area contributed by atoms with Crippen molar-refractivity contribution in [1.82, 2.24) is 21.3 Å². The minimum atomic E-state index is -0.781. The van der Waals surface area contributed by atoms with Crippen molar-refractivity contribution in [2.45, 2.75) is 124 Å². The Balaban J connectivity index is 1.37. The maximum atomic E-state index is 14.1. The van der Waals surface area contributed by atoms with Gasteiger partial charge in [0, 0.05) is 44.4 Å². The van der Waals surface area contributed by atoms with E-state index in [0.29, 0.717) is 57.8 Å². The molecule has 0 unspecified atom stereocenters. The molecule has 0 atom stereocenters. The quantitative estimate of drug-likeness (QED) is 0.0740. The molecule has 7 rings (SSSR count). The second-order valence-corrected chi connectivity index (χ2v) is 19.9. The van der Waals surface area contributed by atoms with Gasteiger partial charge < -0.3 is 53.5 Å². The maximum Gasteiger partial charge on any atom is 0.407 e. The van der Waals surface area contributed by atoms with Gasteiger partial charge in [-0.15, -0.1) is 0 Å². The number of carbonyl (C=O) groups is 4. The highest BCUT2D eigenvalue weighted by molar-refractivity contribution is 5.95. The molecule has 0 spiro atoms. The molecule has 4 N–H and O–H groups in total. The zero-order valence-corrected chi connectivity index (χ0v) is 39.6. The second kappa shape index (κ2) is 21.3. The molecule has 3 heterocycles. The van der Waals surface area contributed by atoms with Gasteiger partial charge in [-0.1, -0.05) is 40.0 Å². The summed E-state index contributed by atoms with van der Waals surface area (Å²) in [5.41, 5.74) is -5.09. The van der Waals surface area contributed by atoms with Gasteiger partial charge in [-0.25, -0.2) is 4.79 Å². The highest BCUT2D eigenvalue weighted by atomic mass is 16.6. The molecule has 18 nitrogen and oxygen atoms in total. The number of alkyl carbamates (subject to hydrolysis) is 1. The van der Waals surface area contributed by atoms with E-state index in [1.54, 1.807) is 20.8 Å². The standard InChI is InChI=1S/C49H66N4O14/c1-7-10-16-61-35-32(54)13-19-64-38(35)41(57)50-28-46-22-47(29-51-42(58)39-36(62-17-11-8-2)33(55)14-20-65-39)24-48(23-46,27-49(25-46,26-47)31-53-44(60)67-45(4,5)6)30-52-43(59)40-37(63-18-12-9-3)34(56)15-21-66-40/h13-15,19-21H,7-12,16-18,22-31H2,1-6H3,(H,50,57)(H,51,58)(H,52,59)(H,53,60). The van der Waals surface area contributed by atoms with Gasteiger partial charge in [0.05, 0.1) is 38.6 Å². The molecule has 3 aromatic heterocycles. The van der Waals surface area contributed by atoms with Gasteiger partial charge in [-0.05, 0) is 100 Å². The molecule has 0 aliphatic heterocycles. The van der Waals surface area contributed by atoms with Gasteiger partial charge in [0.2, 0.25) is 50.8 Å². The Labute approximate surface area is 389 Å². The first-order valence-electron chi connectivity index (χ1n) is 23.4. The predicted molar refractivity (Wildman–Crippen MR) is 245 cm³/mol. The van der Waals surface area contributed by atoms with Crippen molar-refractivity contribution in [2.24, 2.45) is 21.7 Å². The normalized spacial score (nSPS) is 22.7. The summed E-state index contributed by atoms with van der Waals surface area (Å²) >= 11 is 0. The van der Waals surface area contributed by atoms with Crippen LogP contribution in [-0.2, 0) is 4.74 Å². The molecule has 4 amide bonds. The second-order valence-electron chi connectivity index (χ2n) is 19.9. The lowest BCUT2D eigenvalue weighted by Gasteiger charge is -2.71. The third kappa shape index (κ3) is 12.3. The first-order chi connectivity index (χ1) is 31.9. The summed E-state index contributed by atoms with van der Waals surface area (Å²) in [4.78, 5) is 94.3. The van der Waals surface area contributed by atoms with Crippen LogP contribution in [0, 0.1) is 21.7 Å². The van der Waals surface area contributed by atoms with Crippen molar-refractivity contribution < 1.29 is 51.4 Å². The molecular formula is C49H66N4O14. The van der Waals surface area contributed by atoms with Crippen LogP contribution in [-0.4, -0.2) is 75.4 Å². The van der Waals surface area contributed by atoms with Crippen LogP contribution in [0.15, 0.2) is 64.6 Å². The van der Waals surface area contributed by atoms with Gasteiger partial charge in [0.1, 0.15) is 5.60 Å². The molecule has 4 aliphatic carbocycles. The molecule has 366 valence electrons. The van der Waals surface area contributed by atoms with Crippen LogP contribution in [0.4, 0.5) is 4.79 Å². The summed E-state index contributed by atoms with van der Waals surface area (Å²) < 4.78 is 39.7. The van der Waals surface area contributed by atoms with E-state index in [2.05, 4.69) is 21.3 Å². The fraction of sp³-hybridized carbons (Fsp3) is 0.612. The van der Waals surface area contributed by atoms with Crippen LogP contribution in [0.25, 0.3) is 0 Å². The monoisotopic (exact) mass is 934 g/mol. The molecule has 4 aliphatic rings. The minimum Gasteiger partial charge on any atom is -0.486 e. The van der Waals surface area contributed by atoms with Crippen molar-refractivity contribution in [3.05, 3.63) is 84.9 Å². The third-order valence-corrected chi connectivity index (χ3v) is 12.7. The number of unbranched alkanes of at least 4 members (excludes halogenated alkanes) is 3. The molecular weight excluding hydrogens is 869 g/mol. The number of nitrogens with one attached hydrogen (secondary N) is 4. The Morgan fingerprint density at radius 3 is 1.06 bits per heavy atom. The number of ether oxygens (including phenoxy) is 4. The Bertz CT molecular complexity index is 2180. The molecule has 67 heavy (non-hydrogen) atoms. The van der Waals surface area contributed by atoms with Crippen LogP contribution in [0.1, 0.15) is 150 Å². The summed E-state index contributed by atoms with van der Waals surface area (Å²) in [5.74, 6) is -3.33. The van der Waals surface area contributed by atoms with Crippen molar-refractivity contribution in [1.29, 1.82) is 0 Å². The molecule has 4 fully saturated rings. The fourth-order valence-corrected chi connectivity index (χ4v) is 10.9. The molecule has 0 aromatic carbocycles. The summed E-state index contributed by atoms with van der Waals surface area (Å²) in [5, 5.41) is 12.2. The van der Waals surface area contributed by atoms with E-state index < -0.39 is 67.4 Å². The van der Waals surface area contributed by atoms with E-state index in [-0.39, 0.29) is 80.5 Å². The van der Waals surface area contributed by atoms with Crippen molar-refractivity contribution in [2.75, 3.05) is 46.0 Å². The average molecular weight is 935 g/mol. The highest BCUT2D eigenvalue weighted by Crippen LogP contribution is 2.73. The van der Waals surface area contributed by atoms with Gasteiger partial charge in [0.25, 0.3) is 17.7 Å². The van der Waals surface area contributed by atoms with Crippen molar-refractivity contribution >= 4 is 23.8 Å². The summed E-state index contributed by atoms with van der Waals surface area (Å²) in [6, 6.07) is 3.57. The number of rotatable bonds is 23. The number of carbonyl (C=O) groups excluding carboxylic acids is 4. The maximum absolute atomic E-state index is 14.1. The van der Waals surface area contributed by atoms with E-state index in [1.807, 2.05) is 20.8 Å². The molecule has 4 saturated carbocycles. The third-order valence-electron chi connectivity index (χ3n) is 12.7. The van der Waals surface area contributed by atoms with E-state index in [1.165, 1.54) is 18.2 Å². The average Bonchev–Trinajstić information content (AvgIpc) is 3.27. The predicted octanol–water partition coefficient (Wildman–Crippen LogP) is 6.52. The van der Waals surface area contributed by atoms with E-state index in [0.717, 1.165) is 38.1 Å². The first-order valence-corrected chi connectivity index (χ1v) is 23.4. The Hall–Kier alpha value is -6.07. The Kier molecular flexibility index (Phi) is 16.0. The zero-order chi connectivity index (χ0) is 48.5.